The van der Waals surface area contributed by atoms with Gasteiger partial charge in [-0.05, 0) is 50.6 Å². The van der Waals surface area contributed by atoms with E-state index in [-0.39, 0.29) is 11.3 Å². The lowest BCUT2D eigenvalue weighted by atomic mass is 10.1. The van der Waals surface area contributed by atoms with Gasteiger partial charge in [0.05, 0.1) is 27.8 Å². The first-order valence-electron chi connectivity index (χ1n) is 8.73. The number of nitriles is 1. The molecule has 1 amide bonds. The normalized spacial score (nSPS) is 19.2. The number of nitrogens with one attached hydrogen (secondary N) is 1. The molecule has 1 aromatic heterocycles. The molecule has 1 aliphatic rings. The summed E-state index contributed by atoms with van der Waals surface area (Å²) < 4.78 is 51.1. The molecule has 2 aromatic rings. The van der Waals surface area contributed by atoms with Crippen LogP contribution in [0.4, 0.5) is 23.4 Å². The summed E-state index contributed by atoms with van der Waals surface area (Å²) in [4.78, 5) is 34.8. The second-order valence-corrected chi connectivity index (χ2v) is 9.70. The number of rotatable bonds is 3. The van der Waals surface area contributed by atoms with Crippen LogP contribution < -0.4 is 9.84 Å². The molecule has 1 aromatic carbocycles. The maximum Gasteiger partial charge on any atom is 0.419 e. The average Bonchev–Trinajstić information content (AvgIpc) is 2.95. The number of hydrogen-bond acceptors (Lipinski definition) is 6. The molecular weight excluding hydrogens is 440 g/mol. The van der Waals surface area contributed by atoms with Crippen molar-refractivity contribution in [2.45, 2.75) is 36.6 Å². The third-order valence-electron chi connectivity index (χ3n) is 4.79. The lowest BCUT2D eigenvalue weighted by Gasteiger charge is -2.27. The van der Waals surface area contributed by atoms with Crippen LogP contribution >= 0.6 is 11.1 Å². The van der Waals surface area contributed by atoms with Gasteiger partial charge in [0.1, 0.15) is 6.07 Å². The quantitative estimate of drug-likeness (QED) is 0.537. The van der Waals surface area contributed by atoms with Crippen LogP contribution in [0.1, 0.15) is 41.0 Å². The Hall–Kier alpha value is -3.17. The van der Waals surface area contributed by atoms with E-state index in [0.29, 0.717) is 16.5 Å². The minimum atomic E-state index is -4.82. The van der Waals surface area contributed by atoms with Gasteiger partial charge in [-0.3, -0.25) is 4.79 Å². The fourth-order valence-electron chi connectivity index (χ4n) is 3.13. The molecule has 2 heterocycles. The molecule has 0 bridgehead atoms. The van der Waals surface area contributed by atoms with Crippen molar-refractivity contribution in [3.05, 3.63) is 52.8 Å². The Balaban J connectivity index is 2.01. The monoisotopic (exact) mass is 456 g/mol. The number of halogens is 4. The number of anilines is 1. The number of hydrazine groups is 1. The minimum absolute atomic E-state index is 0.00699. The lowest BCUT2D eigenvalue weighted by Crippen LogP contribution is -2.38. The number of carbonyl (C=O) groups excluding carboxylic acids is 2. The van der Waals surface area contributed by atoms with Gasteiger partial charge in [-0.15, -0.1) is 11.1 Å². The number of benzene rings is 1. The number of alkyl halides is 3. The molecular formula is C19H16F4N4O3S. The van der Waals surface area contributed by atoms with Crippen LogP contribution in [0.2, 0.25) is 0 Å². The van der Waals surface area contributed by atoms with Crippen LogP contribution in [0.25, 0.3) is 0 Å². The topological polar surface area (TPSA) is 95.3 Å². The van der Waals surface area contributed by atoms with Crippen molar-refractivity contribution in [2.24, 2.45) is 0 Å². The van der Waals surface area contributed by atoms with E-state index in [2.05, 4.69) is 14.8 Å². The highest BCUT2D eigenvalue weighted by molar-refractivity contribution is 8.17. The summed E-state index contributed by atoms with van der Waals surface area (Å²) in [6.07, 6.45) is -3.81. The molecule has 0 aliphatic carbocycles. The highest BCUT2D eigenvalue weighted by atomic mass is 32.2. The number of hydrogen-bond donors (Lipinski definition) is 2. The Morgan fingerprint density at radius 2 is 2.00 bits per heavy atom. The van der Waals surface area contributed by atoms with E-state index in [1.165, 1.54) is 18.2 Å². The molecule has 31 heavy (non-hydrogen) atoms. The third kappa shape index (κ3) is 3.94. The summed E-state index contributed by atoms with van der Waals surface area (Å²) in [7, 11) is 0. The first-order valence-corrected chi connectivity index (χ1v) is 10.1. The number of thiol groups is 1. The van der Waals surface area contributed by atoms with E-state index < -0.39 is 45.1 Å². The molecule has 1 aliphatic heterocycles. The minimum Gasteiger partial charge on any atom is -0.271 e. The van der Waals surface area contributed by atoms with Gasteiger partial charge in [0.15, 0.2) is 5.69 Å². The van der Waals surface area contributed by atoms with Gasteiger partial charge >= 0.3 is 12.1 Å². The Bertz CT molecular complexity index is 1110. The second kappa shape index (κ2) is 7.82. The highest BCUT2D eigenvalue weighted by Gasteiger charge is 2.47. The largest absolute Gasteiger partial charge is 0.419 e. The molecule has 164 valence electrons. The molecule has 0 spiro atoms. The van der Waals surface area contributed by atoms with Gasteiger partial charge in [-0.25, -0.2) is 19.7 Å². The summed E-state index contributed by atoms with van der Waals surface area (Å²) in [6.45, 7) is 4.83. The average molecular weight is 456 g/mol. The summed E-state index contributed by atoms with van der Waals surface area (Å²) in [5, 5.41) is 9.89. The van der Waals surface area contributed by atoms with Gasteiger partial charge in [-0.1, -0.05) is 0 Å². The summed E-state index contributed by atoms with van der Waals surface area (Å²) >= 11 is -1.48. The zero-order valence-corrected chi connectivity index (χ0v) is 17.3. The van der Waals surface area contributed by atoms with Crippen LogP contribution in [0.15, 0.2) is 35.4 Å². The SMILES string of the molecule is Cc1cc([SH]2NN(c3cnc(C#N)c(C(F)(F)F)c3)C(=O)C2(C)C)ccc1C(=O)OF. The fraction of sp³-hybridized carbons (Fsp3) is 0.263. The molecule has 1 saturated heterocycles. The van der Waals surface area contributed by atoms with E-state index in [0.717, 1.165) is 11.2 Å². The number of pyridine rings is 1. The Kier molecular flexibility index (Phi) is 5.68. The molecule has 12 heteroatoms. The van der Waals surface area contributed by atoms with E-state index >= 15 is 0 Å². The number of carbonyl (C=O) groups is 2. The second-order valence-electron chi connectivity index (χ2n) is 7.20. The summed E-state index contributed by atoms with van der Waals surface area (Å²) in [5.74, 6) is -1.65. The van der Waals surface area contributed by atoms with Crippen molar-refractivity contribution in [2.75, 3.05) is 5.01 Å². The van der Waals surface area contributed by atoms with E-state index in [1.807, 2.05) is 0 Å². The standard InChI is InChI=1S/C19H16F4N4O3S/c1-10-6-12(4-5-13(10)16(28)30-23)31-18(2,3)17(29)27(26-31)11-7-14(19(20,21)22)15(8-24)25-9-11/h4-7,9,26,31H,1-3H3. The van der Waals surface area contributed by atoms with Crippen molar-refractivity contribution in [1.82, 2.24) is 9.82 Å². The summed E-state index contributed by atoms with van der Waals surface area (Å²) in [5.41, 5.74) is -1.79. The van der Waals surface area contributed by atoms with Gasteiger partial charge in [-0.2, -0.15) is 23.3 Å². The zero-order valence-electron chi connectivity index (χ0n) is 16.4. The molecule has 0 radical (unpaired) electrons. The van der Waals surface area contributed by atoms with Gasteiger partial charge in [0.25, 0.3) is 5.91 Å². The molecule has 3 rings (SSSR count). The highest BCUT2D eigenvalue weighted by Crippen LogP contribution is 2.51. The maximum absolute atomic E-state index is 13.3. The van der Waals surface area contributed by atoms with Gasteiger partial charge < -0.3 is 0 Å². The maximum atomic E-state index is 13.3. The van der Waals surface area contributed by atoms with Crippen LogP contribution in [-0.4, -0.2) is 21.6 Å². The molecule has 1 N–H and O–H groups in total. The fourth-order valence-corrected chi connectivity index (χ4v) is 5.39. The molecule has 1 unspecified atom stereocenters. The van der Waals surface area contributed by atoms with E-state index in [1.54, 1.807) is 26.8 Å². The van der Waals surface area contributed by atoms with Crippen molar-refractivity contribution in [3.63, 3.8) is 0 Å². The summed E-state index contributed by atoms with van der Waals surface area (Å²) in [6, 6.07) is 6.54. The number of aromatic nitrogens is 1. The Labute approximate surface area is 177 Å². The van der Waals surface area contributed by atoms with E-state index in [4.69, 9.17) is 5.26 Å². The van der Waals surface area contributed by atoms with Crippen LogP contribution in [0.5, 0.6) is 0 Å². The molecule has 1 atom stereocenters. The lowest BCUT2D eigenvalue weighted by molar-refractivity contribution is -0.138. The van der Waals surface area contributed by atoms with Crippen LogP contribution in [-0.2, 0) is 15.9 Å². The predicted octanol–water partition coefficient (Wildman–Crippen LogP) is 3.93. The smallest absolute Gasteiger partial charge is 0.271 e. The Morgan fingerprint density at radius 1 is 1.32 bits per heavy atom. The predicted molar refractivity (Wildman–Crippen MR) is 104 cm³/mol. The molecule has 1 fully saturated rings. The number of amides is 1. The van der Waals surface area contributed by atoms with Crippen LogP contribution in [0.3, 0.4) is 0 Å². The van der Waals surface area contributed by atoms with Crippen molar-refractivity contribution in [3.8, 4) is 6.07 Å². The third-order valence-corrected chi connectivity index (χ3v) is 7.29. The number of aryl methyl sites for hydroxylation is 1. The van der Waals surface area contributed by atoms with Crippen LogP contribution in [0, 0.1) is 18.3 Å². The number of nitrogens with zero attached hydrogens (tertiary/aromatic N) is 3. The Morgan fingerprint density at radius 3 is 2.55 bits per heavy atom. The molecule has 7 nitrogen and oxygen atoms in total. The molecule has 0 saturated carbocycles. The first kappa shape index (κ1) is 22.5. The van der Waals surface area contributed by atoms with E-state index in [9.17, 15) is 27.3 Å². The van der Waals surface area contributed by atoms with Gasteiger partial charge in [0.2, 0.25) is 0 Å². The van der Waals surface area contributed by atoms with Gasteiger partial charge in [0, 0.05) is 9.42 Å². The van der Waals surface area contributed by atoms with Crippen molar-refractivity contribution < 1.29 is 32.2 Å². The zero-order chi connectivity index (χ0) is 23.1. The van der Waals surface area contributed by atoms with Crippen molar-refractivity contribution in [1.29, 1.82) is 5.26 Å². The first-order chi connectivity index (χ1) is 14.4. The van der Waals surface area contributed by atoms with Crippen molar-refractivity contribution >= 4 is 28.6 Å².